The molecule has 2 aromatic rings. The summed E-state index contributed by atoms with van der Waals surface area (Å²) >= 11 is 0. The molecular formula is C25H29N3O6S. The number of hydrogen-bond acceptors (Lipinski definition) is 6. The third-order valence-corrected chi connectivity index (χ3v) is 8.78. The molecule has 0 bridgehead atoms. The summed E-state index contributed by atoms with van der Waals surface area (Å²) in [5.74, 6) is 0.901. The average molecular weight is 500 g/mol. The number of carbonyl (C=O) groups excluding carboxylic acids is 2. The van der Waals surface area contributed by atoms with Crippen molar-refractivity contribution in [3.63, 3.8) is 0 Å². The monoisotopic (exact) mass is 499 g/mol. The number of nitrogens with zero attached hydrogens (tertiary/aromatic N) is 3. The normalized spacial score (nSPS) is 21.5. The summed E-state index contributed by atoms with van der Waals surface area (Å²) in [6.45, 7) is 2.60. The quantitative estimate of drug-likeness (QED) is 0.634. The number of piperazine rings is 1. The third-order valence-electron chi connectivity index (χ3n) is 6.87. The van der Waals surface area contributed by atoms with Crippen molar-refractivity contribution in [2.24, 2.45) is 5.92 Å². The van der Waals surface area contributed by atoms with Crippen LogP contribution in [-0.2, 0) is 19.6 Å². The van der Waals surface area contributed by atoms with E-state index >= 15 is 0 Å². The molecule has 3 aliphatic rings. The lowest BCUT2D eigenvalue weighted by Crippen LogP contribution is -2.56. The van der Waals surface area contributed by atoms with Gasteiger partial charge in [-0.25, -0.2) is 8.42 Å². The maximum absolute atomic E-state index is 13.1. The summed E-state index contributed by atoms with van der Waals surface area (Å²) in [5.41, 5.74) is 0. The summed E-state index contributed by atoms with van der Waals surface area (Å²) in [5, 5.41) is 0. The van der Waals surface area contributed by atoms with Crippen molar-refractivity contribution in [2.75, 3.05) is 45.9 Å². The Labute approximate surface area is 205 Å². The van der Waals surface area contributed by atoms with Gasteiger partial charge in [-0.3, -0.25) is 9.59 Å². The molecule has 2 fully saturated rings. The first-order valence-corrected chi connectivity index (χ1v) is 13.4. The lowest BCUT2D eigenvalue weighted by molar-refractivity contribution is -0.147. The van der Waals surface area contributed by atoms with Crippen LogP contribution in [0, 0.1) is 5.92 Å². The predicted molar refractivity (Wildman–Crippen MR) is 127 cm³/mol. The molecule has 0 aliphatic carbocycles. The molecule has 1 atom stereocenters. The fraction of sp³-hybridized carbons (Fsp3) is 0.440. The Hall–Kier alpha value is -3.11. The highest BCUT2D eigenvalue weighted by molar-refractivity contribution is 7.89. The predicted octanol–water partition coefficient (Wildman–Crippen LogP) is 1.60. The second kappa shape index (κ2) is 9.87. The molecule has 186 valence electrons. The summed E-state index contributed by atoms with van der Waals surface area (Å²) in [6, 6.07) is 15.7. The first-order valence-electron chi connectivity index (χ1n) is 11.9. The summed E-state index contributed by atoms with van der Waals surface area (Å²) in [7, 11) is -3.54. The first-order chi connectivity index (χ1) is 16.9. The molecule has 2 aromatic carbocycles. The van der Waals surface area contributed by atoms with Gasteiger partial charge in [-0.2, -0.15) is 4.31 Å². The molecule has 3 heterocycles. The van der Waals surface area contributed by atoms with Crippen LogP contribution in [0.5, 0.6) is 11.5 Å². The zero-order valence-electron chi connectivity index (χ0n) is 19.4. The number of carbonyl (C=O) groups is 2. The van der Waals surface area contributed by atoms with E-state index in [1.807, 2.05) is 18.2 Å². The molecule has 2 saturated heterocycles. The van der Waals surface area contributed by atoms with Crippen LogP contribution < -0.4 is 9.47 Å². The van der Waals surface area contributed by atoms with Gasteiger partial charge in [-0.15, -0.1) is 0 Å². The smallest absolute Gasteiger partial charge is 0.267 e. The van der Waals surface area contributed by atoms with Crippen LogP contribution in [0.1, 0.15) is 12.8 Å². The average Bonchev–Trinajstić information content (AvgIpc) is 2.92. The van der Waals surface area contributed by atoms with E-state index in [4.69, 9.17) is 9.47 Å². The van der Waals surface area contributed by atoms with Gasteiger partial charge in [0.2, 0.25) is 22.0 Å². The van der Waals surface area contributed by atoms with Gasteiger partial charge in [0, 0.05) is 45.2 Å². The van der Waals surface area contributed by atoms with E-state index in [9.17, 15) is 18.0 Å². The van der Waals surface area contributed by atoms with Gasteiger partial charge in [0.1, 0.15) is 6.61 Å². The van der Waals surface area contributed by atoms with E-state index in [2.05, 4.69) is 0 Å². The van der Waals surface area contributed by atoms with Gasteiger partial charge >= 0.3 is 0 Å². The van der Waals surface area contributed by atoms with Crippen LogP contribution in [0.15, 0.2) is 59.5 Å². The minimum Gasteiger partial charge on any atom is -0.485 e. The summed E-state index contributed by atoms with van der Waals surface area (Å²) in [4.78, 5) is 29.8. The molecule has 0 spiro atoms. The van der Waals surface area contributed by atoms with Gasteiger partial charge in [0.15, 0.2) is 11.5 Å². The zero-order valence-corrected chi connectivity index (χ0v) is 20.2. The number of hydrogen-bond donors (Lipinski definition) is 0. The van der Waals surface area contributed by atoms with E-state index < -0.39 is 16.1 Å². The molecule has 0 unspecified atom stereocenters. The fourth-order valence-electron chi connectivity index (χ4n) is 4.83. The molecule has 0 N–H and O–H groups in total. The van der Waals surface area contributed by atoms with Gasteiger partial charge in [-0.1, -0.05) is 30.3 Å². The Morgan fingerprint density at radius 3 is 1.97 bits per heavy atom. The Morgan fingerprint density at radius 1 is 0.743 bits per heavy atom. The zero-order chi connectivity index (χ0) is 24.4. The number of sulfonamides is 1. The number of piperidine rings is 1. The second-order valence-corrected chi connectivity index (χ2v) is 10.9. The molecule has 0 aromatic heterocycles. The molecule has 5 rings (SSSR count). The van der Waals surface area contributed by atoms with Gasteiger partial charge < -0.3 is 19.3 Å². The molecule has 0 radical (unpaired) electrons. The van der Waals surface area contributed by atoms with Crippen LogP contribution in [-0.4, -0.2) is 86.3 Å². The summed E-state index contributed by atoms with van der Waals surface area (Å²) in [6.07, 6.45) is 0.302. The standard InChI is InChI=1S/C25H29N3O6S/c29-24(19-10-12-28(13-11-19)35(31,32)20-6-2-1-3-7-20)26-14-16-27(17-15-26)25(30)23-18-33-21-8-4-5-9-22(21)34-23/h1-9,19,23H,10-18H2/t23-/m1/s1. The van der Waals surface area contributed by atoms with Crippen molar-refractivity contribution in [2.45, 2.75) is 23.8 Å². The number of rotatable bonds is 4. The highest BCUT2D eigenvalue weighted by atomic mass is 32.2. The van der Waals surface area contributed by atoms with Crippen LogP contribution in [0.4, 0.5) is 0 Å². The minimum atomic E-state index is -3.54. The lowest BCUT2D eigenvalue weighted by Gasteiger charge is -2.39. The SMILES string of the molecule is O=C(C1CCN(S(=O)(=O)c2ccccc2)CC1)N1CCN(C(=O)[C@H]2COc3ccccc3O2)CC1. The Morgan fingerprint density at radius 2 is 1.31 bits per heavy atom. The Kier molecular flexibility index (Phi) is 6.66. The van der Waals surface area contributed by atoms with E-state index in [1.54, 1.807) is 46.2 Å². The molecule has 0 saturated carbocycles. The lowest BCUT2D eigenvalue weighted by atomic mass is 9.96. The number of ether oxygens (including phenoxy) is 2. The number of para-hydroxylation sites is 2. The molecule has 10 heteroatoms. The summed E-state index contributed by atoms with van der Waals surface area (Å²) < 4.78 is 38.6. The van der Waals surface area contributed by atoms with E-state index in [1.165, 1.54) is 4.31 Å². The number of amides is 2. The minimum absolute atomic E-state index is 0.0417. The number of fused-ring (bicyclic) bond motifs is 1. The van der Waals surface area contributed by atoms with Crippen molar-refractivity contribution < 1.29 is 27.5 Å². The van der Waals surface area contributed by atoms with Crippen molar-refractivity contribution in [1.29, 1.82) is 0 Å². The topological polar surface area (TPSA) is 96.5 Å². The second-order valence-electron chi connectivity index (χ2n) is 9.01. The van der Waals surface area contributed by atoms with Crippen molar-refractivity contribution in [3.8, 4) is 11.5 Å². The molecule has 9 nitrogen and oxygen atoms in total. The van der Waals surface area contributed by atoms with Gasteiger partial charge in [0.05, 0.1) is 4.90 Å². The van der Waals surface area contributed by atoms with Crippen LogP contribution in [0.25, 0.3) is 0 Å². The highest BCUT2D eigenvalue weighted by Gasteiger charge is 2.37. The van der Waals surface area contributed by atoms with Gasteiger partial charge in [-0.05, 0) is 37.1 Å². The third kappa shape index (κ3) is 4.85. The maximum atomic E-state index is 13.1. The Bertz CT molecular complexity index is 1170. The number of benzene rings is 2. The molecule has 2 amide bonds. The molecule has 35 heavy (non-hydrogen) atoms. The molecule has 3 aliphatic heterocycles. The maximum Gasteiger partial charge on any atom is 0.267 e. The van der Waals surface area contributed by atoms with Crippen molar-refractivity contribution >= 4 is 21.8 Å². The largest absolute Gasteiger partial charge is 0.485 e. The first kappa shape index (κ1) is 23.6. The fourth-order valence-corrected chi connectivity index (χ4v) is 6.33. The van der Waals surface area contributed by atoms with E-state index in [0.29, 0.717) is 63.6 Å². The van der Waals surface area contributed by atoms with Crippen LogP contribution in [0.3, 0.4) is 0 Å². The highest BCUT2D eigenvalue weighted by Crippen LogP contribution is 2.31. The van der Waals surface area contributed by atoms with Crippen molar-refractivity contribution in [1.82, 2.24) is 14.1 Å². The molecular weight excluding hydrogens is 470 g/mol. The van der Waals surface area contributed by atoms with Crippen LogP contribution >= 0.6 is 0 Å². The van der Waals surface area contributed by atoms with Crippen LogP contribution in [0.2, 0.25) is 0 Å². The van der Waals surface area contributed by atoms with E-state index in [-0.39, 0.29) is 29.2 Å². The van der Waals surface area contributed by atoms with Gasteiger partial charge in [0.25, 0.3) is 5.91 Å². The van der Waals surface area contributed by atoms with Crippen molar-refractivity contribution in [3.05, 3.63) is 54.6 Å². The van der Waals surface area contributed by atoms with E-state index in [0.717, 1.165) is 0 Å². The Balaban J connectivity index is 1.11.